The van der Waals surface area contributed by atoms with Crippen molar-refractivity contribution >= 4 is 57.7 Å². The van der Waals surface area contributed by atoms with Crippen LogP contribution in [0.5, 0.6) is 0 Å². The molecule has 2 aliphatic rings. The zero-order valence-electron chi connectivity index (χ0n) is 27.7. The molecule has 48 heavy (non-hydrogen) atoms. The summed E-state index contributed by atoms with van der Waals surface area (Å²) in [6.45, 7) is 5.63. The van der Waals surface area contributed by atoms with Crippen LogP contribution in [-0.2, 0) is 47.2 Å². The van der Waals surface area contributed by atoms with Crippen LogP contribution in [0.25, 0.3) is 11.0 Å². The first-order valence-electron chi connectivity index (χ1n) is 16.1. The third kappa shape index (κ3) is 10.6. The first-order chi connectivity index (χ1) is 22.7. The second-order valence-electron chi connectivity index (χ2n) is 13.0. The van der Waals surface area contributed by atoms with Gasteiger partial charge in [0.2, 0.25) is 13.6 Å². The molecule has 1 saturated carbocycles. The smallest absolute Gasteiger partial charge is 0.351 e. The summed E-state index contributed by atoms with van der Waals surface area (Å²) in [5.41, 5.74) is 0.336. The number of esters is 2. The summed E-state index contributed by atoms with van der Waals surface area (Å²) in [7, 11) is -8.61. The van der Waals surface area contributed by atoms with Gasteiger partial charge in [0, 0.05) is 30.5 Å². The molecule has 0 bridgehead atoms. The molecule has 0 unspecified atom stereocenters. The Hall–Kier alpha value is -2.73. The Morgan fingerprint density at radius 3 is 2.25 bits per heavy atom. The summed E-state index contributed by atoms with van der Waals surface area (Å²) in [4.78, 5) is 28.4. The second kappa shape index (κ2) is 16.8. The first-order valence-corrected chi connectivity index (χ1v) is 20.0. The maximum Gasteiger partial charge on any atom is 0.351 e. The van der Waals surface area contributed by atoms with Crippen molar-refractivity contribution in [2.75, 3.05) is 30.1 Å². The summed E-state index contributed by atoms with van der Waals surface area (Å²) < 4.78 is 68.4. The lowest BCUT2D eigenvalue weighted by Gasteiger charge is -2.20. The van der Waals surface area contributed by atoms with Crippen molar-refractivity contribution in [1.29, 1.82) is 5.26 Å². The highest BCUT2D eigenvalue weighted by molar-refractivity contribution is 7.97. The maximum absolute atomic E-state index is 13.5. The van der Waals surface area contributed by atoms with Crippen LogP contribution in [-0.4, -0.2) is 66.9 Å². The van der Waals surface area contributed by atoms with Gasteiger partial charge in [0.1, 0.15) is 23.5 Å². The standard InChI is InChI=1S/C31H44ClN4O10PS/c1-20(2)13-27(37)42-17-44-47(39,45-18-43-28(38)14-21(3)4)19-48(40,41)16-23-9-10-26(46-23)36-12-11-24-29(34-22-7-5-6-8-22)25(15-33)30(32)35-31(24)36/h11-12,20-23,26H,5-10,13-14,16-19H2,1-4H3,(H,34,35)/t23-,26+/m0/s1. The summed E-state index contributed by atoms with van der Waals surface area (Å²) in [5, 5.41) is 14.0. The molecule has 2 aromatic rings. The van der Waals surface area contributed by atoms with Gasteiger partial charge in [-0.1, -0.05) is 52.1 Å². The lowest BCUT2D eigenvalue weighted by molar-refractivity contribution is -0.153. The summed E-state index contributed by atoms with van der Waals surface area (Å²) in [6, 6.07) is 4.21. The second-order valence-corrected chi connectivity index (χ2v) is 18.0. The molecule has 1 saturated heterocycles. The van der Waals surface area contributed by atoms with Crippen LogP contribution >= 0.6 is 19.2 Å². The summed E-state index contributed by atoms with van der Waals surface area (Å²) >= 11 is 6.45. The number of ether oxygens (including phenoxy) is 3. The van der Waals surface area contributed by atoms with Crippen LogP contribution in [0.3, 0.4) is 0 Å². The minimum atomic E-state index is -4.47. The molecule has 3 heterocycles. The van der Waals surface area contributed by atoms with E-state index >= 15 is 0 Å². The van der Waals surface area contributed by atoms with Crippen molar-refractivity contribution in [2.24, 2.45) is 11.8 Å². The topological polar surface area (TPSA) is 185 Å². The van der Waals surface area contributed by atoms with E-state index in [1.165, 1.54) is 0 Å². The Morgan fingerprint density at radius 1 is 1.08 bits per heavy atom. The van der Waals surface area contributed by atoms with Crippen LogP contribution in [0.2, 0.25) is 5.15 Å². The predicted octanol–water partition coefficient (Wildman–Crippen LogP) is 6.29. The Bertz CT molecular complexity index is 1620. The van der Waals surface area contributed by atoms with E-state index in [9.17, 15) is 27.8 Å². The summed E-state index contributed by atoms with van der Waals surface area (Å²) in [6.07, 6.45) is 5.61. The van der Waals surface area contributed by atoms with E-state index in [1.807, 2.05) is 33.8 Å². The van der Waals surface area contributed by atoms with E-state index in [2.05, 4.69) is 16.4 Å². The van der Waals surface area contributed by atoms with Gasteiger partial charge in [0.05, 0.1) is 17.5 Å². The van der Waals surface area contributed by atoms with E-state index in [-0.39, 0.29) is 41.4 Å². The minimum Gasteiger partial charge on any atom is -0.438 e. The molecule has 0 amide bonds. The number of nitrogens with zero attached hydrogens (tertiary/aromatic N) is 3. The Balaban J connectivity index is 1.43. The van der Waals surface area contributed by atoms with E-state index in [0.29, 0.717) is 29.6 Å². The van der Waals surface area contributed by atoms with E-state index < -0.39 is 66.5 Å². The molecule has 0 radical (unpaired) electrons. The lowest BCUT2D eigenvalue weighted by Crippen LogP contribution is -2.25. The zero-order valence-corrected chi connectivity index (χ0v) is 30.2. The molecule has 17 heteroatoms. The number of carbonyl (C=O) groups excluding carboxylic acids is 2. The SMILES string of the molecule is CC(C)CC(=O)OCOP(=O)(CS(=O)(=O)C[C@@H]1CC[C@H](n2ccc3c(NC4CCCC4)c(C#N)c(Cl)nc32)O1)OCOC(=O)CC(C)C. The number of hydrogen-bond acceptors (Lipinski definition) is 13. The fourth-order valence-electron chi connectivity index (χ4n) is 5.73. The number of hydrogen-bond donors (Lipinski definition) is 1. The van der Waals surface area contributed by atoms with Gasteiger partial charge < -0.3 is 24.1 Å². The lowest BCUT2D eigenvalue weighted by atomic mass is 10.1. The van der Waals surface area contributed by atoms with Crippen molar-refractivity contribution in [3.05, 3.63) is 23.0 Å². The number of halogens is 1. The monoisotopic (exact) mass is 730 g/mol. The molecule has 266 valence electrons. The third-order valence-corrected chi connectivity index (χ3v) is 12.9. The van der Waals surface area contributed by atoms with Gasteiger partial charge in [-0.05, 0) is 43.6 Å². The minimum absolute atomic E-state index is 0.000465. The molecule has 2 fully saturated rings. The van der Waals surface area contributed by atoms with Crippen LogP contribution in [0.1, 0.15) is 90.9 Å². The molecule has 14 nitrogen and oxygen atoms in total. The van der Waals surface area contributed by atoms with Crippen LogP contribution in [0.15, 0.2) is 12.3 Å². The van der Waals surface area contributed by atoms with E-state index in [4.69, 9.17) is 34.9 Å². The number of fused-ring (bicyclic) bond motifs is 1. The number of aromatic nitrogens is 2. The van der Waals surface area contributed by atoms with Crippen molar-refractivity contribution in [3.63, 3.8) is 0 Å². The van der Waals surface area contributed by atoms with E-state index in [0.717, 1.165) is 25.7 Å². The highest BCUT2D eigenvalue weighted by Crippen LogP contribution is 2.50. The normalized spacial score (nSPS) is 18.9. The highest BCUT2D eigenvalue weighted by Gasteiger charge is 2.38. The molecule has 1 N–H and O–H groups in total. The zero-order chi connectivity index (χ0) is 35.1. The molecule has 0 aromatic carbocycles. The van der Waals surface area contributed by atoms with Crippen molar-refractivity contribution in [1.82, 2.24) is 9.55 Å². The molecular formula is C31H44ClN4O10PS. The average Bonchev–Trinajstić information content (AvgIpc) is 3.73. The van der Waals surface area contributed by atoms with Gasteiger partial charge in [-0.15, -0.1) is 0 Å². The van der Waals surface area contributed by atoms with Crippen LogP contribution in [0.4, 0.5) is 5.69 Å². The molecule has 1 aliphatic carbocycles. The quantitative estimate of drug-likeness (QED) is 0.0830. The summed E-state index contributed by atoms with van der Waals surface area (Å²) in [5.74, 6) is -1.74. The highest BCUT2D eigenvalue weighted by atomic mass is 35.5. The van der Waals surface area contributed by atoms with Crippen molar-refractivity contribution in [2.45, 2.75) is 97.4 Å². The largest absolute Gasteiger partial charge is 0.438 e. The number of nitriles is 1. The van der Waals surface area contributed by atoms with Gasteiger partial charge in [0.25, 0.3) is 0 Å². The van der Waals surface area contributed by atoms with Gasteiger partial charge >= 0.3 is 19.5 Å². The number of pyridine rings is 1. The number of anilines is 1. The fourth-order valence-corrected chi connectivity index (χ4v) is 10.2. The van der Waals surface area contributed by atoms with Crippen molar-refractivity contribution < 1.29 is 45.8 Å². The molecule has 4 rings (SSSR count). The molecule has 0 spiro atoms. The first kappa shape index (κ1) is 38.1. The van der Waals surface area contributed by atoms with Crippen LogP contribution < -0.4 is 5.32 Å². The number of rotatable bonds is 17. The number of sulfone groups is 1. The molecule has 1 aliphatic heterocycles. The third-order valence-electron chi connectivity index (χ3n) is 7.91. The van der Waals surface area contributed by atoms with Gasteiger partial charge in [-0.3, -0.25) is 23.2 Å². The van der Waals surface area contributed by atoms with Crippen molar-refractivity contribution in [3.8, 4) is 6.07 Å². The molecule has 2 aromatic heterocycles. The predicted molar refractivity (Wildman–Crippen MR) is 178 cm³/mol. The van der Waals surface area contributed by atoms with Gasteiger partial charge in [-0.2, -0.15) is 5.26 Å². The fraction of sp³-hybridized carbons (Fsp3) is 0.677. The van der Waals surface area contributed by atoms with Gasteiger partial charge in [0.15, 0.2) is 20.5 Å². The number of nitrogens with one attached hydrogen (secondary N) is 1. The van der Waals surface area contributed by atoms with Crippen LogP contribution in [0, 0.1) is 23.2 Å². The Morgan fingerprint density at radius 2 is 1.69 bits per heavy atom. The Labute approximate surface area is 286 Å². The molecular weight excluding hydrogens is 687 g/mol. The number of carbonyl (C=O) groups is 2. The van der Waals surface area contributed by atoms with Gasteiger partial charge in [-0.25, -0.2) is 13.4 Å². The molecule has 2 atom stereocenters. The maximum atomic E-state index is 13.5. The Kier molecular flexibility index (Phi) is 13.3. The average molecular weight is 731 g/mol. The van der Waals surface area contributed by atoms with E-state index in [1.54, 1.807) is 10.8 Å².